The highest BCUT2D eigenvalue weighted by Gasteiger charge is 2.32. The van der Waals surface area contributed by atoms with Crippen LogP contribution in [-0.2, 0) is 16.0 Å². The van der Waals surface area contributed by atoms with Crippen LogP contribution in [0, 0.1) is 5.92 Å². The number of piperidine rings is 2. The molecular weight excluding hydrogens is 312 g/mol. The van der Waals surface area contributed by atoms with Gasteiger partial charge in [0.05, 0.1) is 12.5 Å². The van der Waals surface area contributed by atoms with Gasteiger partial charge in [-0.15, -0.1) is 0 Å². The van der Waals surface area contributed by atoms with Crippen LogP contribution in [0.2, 0.25) is 0 Å². The van der Waals surface area contributed by atoms with Gasteiger partial charge < -0.3 is 9.64 Å². The minimum atomic E-state index is 0.00694. The first-order chi connectivity index (χ1) is 12.3. The Bertz CT molecular complexity index is 526. The largest absolute Gasteiger partial charge is 0.466 e. The molecule has 2 aliphatic heterocycles. The van der Waals surface area contributed by atoms with E-state index in [2.05, 4.69) is 40.1 Å². The van der Waals surface area contributed by atoms with Crippen molar-refractivity contribution in [2.45, 2.75) is 45.1 Å². The zero-order valence-corrected chi connectivity index (χ0v) is 15.5. The summed E-state index contributed by atoms with van der Waals surface area (Å²) in [7, 11) is 0. The van der Waals surface area contributed by atoms with Gasteiger partial charge in [-0.05, 0) is 64.2 Å². The van der Waals surface area contributed by atoms with Crippen LogP contribution in [0.5, 0.6) is 0 Å². The van der Waals surface area contributed by atoms with E-state index in [-0.39, 0.29) is 11.9 Å². The maximum Gasteiger partial charge on any atom is 0.310 e. The molecule has 0 amide bonds. The standard InChI is InChI=1S/C21H32N2O2/c1-2-25-21(24)19-9-6-13-23(17-19)20-11-15-22(16-12-20)14-10-18-7-4-3-5-8-18/h3-5,7-8,19-20H,2,6,9-17H2,1H3/t19-/m0/s1. The number of carbonyl (C=O) groups is 1. The molecule has 0 aromatic heterocycles. The molecule has 138 valence electrons. The van der Waals surface area contributed by atoms with E-state index in [4.69, 9.17) is 4.74 Å². The lowest BCUT2D eigenvalue weighted by Crippen LogP contribution is -2.49. The van der Waals surface area contributed by atoms with Gasteiger partial charge in [0.25, 0.3) is 0 Å². The number of hydrogen-bond donors (Lipinski definition) is 0. The molecule has 0 N–H and O–H groups in total. The maximum atomic E-state index is 12.0. The molecule has 1 atom stereocenters. The molecule has 2 aliphatic rings. The second-order valence-corrected chi connectivity index (χ2v) is 7.39. The van der Waals surface area contributed by atoms with Gasteiger partial charge in [-0.25, -0.2) is 0 Å². The Hall–Kier alpha value is -1.39. The number of ether oxygens (including phenoxy) is 1. The van der Waals surface area contributed by atoms with Crippen LogP contribution in [0.3, 0.4) is 0 Å². The van der Waals surface area contributed by atoms with Crippen molar-refractivity contribution in [2.75, 3.05) is 39.3 Å². The van der Waals surface area contributed by atoms with Crippen molar-refractivity contribution >= 4 is 5.97 Å². The highest BCUT2D eigenvalue weighted by atomic mass is 16.5. The summed E-state index contributed by atoms with van der Waals surface area (Å²) in [6.45, 7) is 7.94. The summed E-state index contributed by atoms with van der Waals surface area (Å²) in [5.74, 6) is 0.0947. The average Bonchev–Trinajstić information content (AvgIpc) is 2.68. The summed E-state index contributed by atoms with van der Waals surface area (Å²) >= 11 is 0. The Morgan fingerprint density at radius 3 is 2.60 bits per heavy atom. The van der Waals surface area contributed by atoms with Crippen LogP contribution in [0.1, 0.15) is 38.2 Å². The number of benzene rings is 1. The first kappa shape index (κ1) is 18.4. The predicted molar refractivity (Wildman–Crippen MR) is 101 cm³/mol. The molecule has 3 rings (SSSR count). The molecular formula is C21H32N2O2. The van der Waals surface area contributed by atoms with Gasteiger partial charge in [0.15, 0.2) is 0 Å². The monoisotopic (exact) mass is 344 g/mol. The zero-order chi connectivity index (χ0) is 17.5. The Morgan fingerprint density at radius 1 is 1.12 bits per heavy atom. The van der Waals surface area contributed by atoms with Gasteiger partial charge in [-0.3, -0.25) is 9.69 Å². The molecule has 4 heteroatoms. The number of carbonyl (C=O) groups excluding carboxylic acids is 1. The smallest absolute Gasteiger partial charge is 0.310 e. The minimum Gasteiger partial charge on any atom is -0.466 e. The molecule has 0 bridgehead atoms. The number of hydrogen-bond acceptors (Lipinski definition) is 4. The fourth-order valence-corrected chi connectivity index (χ4v) is 4.23. The Morgan fingerprint density at radius 2 is 1.88 bits per heavy atom. The van der Waals surface area contributed by atoms with E-state index in [1.54, 1.807) is 0 Å². The molecule has 0 radical (unpaired) electrons. The summed E-state index contributed by atoms with van der Waals surface area (Å²) in [6, 6.07) is 11.4. The fourth-order valence-electron chi connectivity index (χ4n) is 4.23. The summed E-state index contributed by atoms with van der Waals surface area (Å²) in [6.07, 6.45) is 5.71. The maximum absolute atomic E-state index is 12.0. The van der Waals surface area contributed by atoms with E-state index in [0.29, 0.717) is 12.6 Å². The van der Waals surface area contributed by atoms with Gasteiger partial charge in [0, 0.05) is 19.1 Å². The summed E-state index contributed by atoms with van der Waals surface area (Å²) in [5.41, 5.74) is 1.43. The van der Waals surface area contributed by atoms with Crippen molar-refractivity contribution in [1.29, 1.82) is 0 Å². The van der Waals surface area contributed by atoms with Crippen LogP contribution >= 0.6 is 0 Å². The molecule has 25 heavy (non-hydrogen) atoms. The fraction of sp³-hybridized carbons (Fsp3) is 0.667. The second kappa shape index (κ2) is 9.35. The van der Waals surface area contributed by atoms with Crippen molar-refractivity contribution in [1.82, 2.24) is 9.80 Å². The van der Waals surface area contributed by atoms with Gasteiger partial charge >= 0.3 is 5.97 Å². The van der Waals surface area contributed by atoms with Crippen molar-refractivity contribution < 1.29 is 9.53 Å². The van der Waals surface area contributed by atoms with Crippen molar-refractivity contribution in [3.8, 4) is 0 Å². The predicted octanol–water partition coefficient (Wildman–Crippen LogP) is 2.97. The molecule has 2 fully saturated rings. The van der Waals surface area contributed by atoms with Crippen LogP contribution in [-0.4, -0.2) is 61.1 Å². The summed E-state index contributed by atoms with van der Waals surface area (Å²) in [4.78, 5) is 17.2. The van der Waals surface area contributed by atoms with E-state index in [1.807, 2.05) is 6.92 Å². The SMILES string of the molecule is CCOC(=O)[C@H]1CCCN(C2CCN(CCc3ccccc3)CC2)C1. The van der Waals surface area contributed by atoms with Gasteiger partial charge in [-0.1, -0.05) is 30.3 Å². The van der Waals surface area contributed by atoms with E-state index in [9.17, 15) is 4.79 Å². The van der Waals surface area contributed by atoms with Crippen LogP contribution in [0.15, 0.2) is 30.3 Å². The molecule has 0 spiro atoms. The van der Waals surface area contributed by atoms with Gasteiger partial charge in [-0.2, -0.15) is 0 Å². The molecule has 0 saturated carbocycles. The average molecular weight is 344 g/mol. The van der Waals surface area contributed by atoms with E-state index >= 15 is 0 Å². The summed E-state index contributed by atoms with van der Waals surface area (Å²) in [5, 5.41) is 0. The lowest BCUT2D eigenvalue weighted by Gasteiger charge is -2.41. The van der Waals surface area contributed by atoms with Crippen molar-refractivity contribution in [3.63, 3.8) is 0 Å². The number of rotatable bonds is 6. The Kier molecular flexibility index (Phi) is 6.88. The topological polar surface area (TPSA) is 32.8 Å². The van der Waals surface area contributed by atoms with E-state index in [0.717, 1.165) is 38.9 Å². The van der Waals surface area contributed by atoms with E-state index in [1.165, 1.54) is 31.5 Å². The first-order valence-corrected chi connectivity index (χ1v) is 9.93. The van der Waals surface area contributed by atoms with Gasteiger partial charge in [0.1, 0.15) is 0 Å². The van der Waals surface area contributed by atoms with Crippen LogP contribution < -0.4 is 0 Å². The molecule has 2 heterocycles. The number of esters is 1. The van der Waals surface area contributed by atoms with Crippen molar-refractivity contribution in [2.24, 2.45) is 5.92 Å². The zero-order valence-electron chi connectivity index (χ0n) is 15.5. The van der Waals surface area contributed by atoms with E-state index < -0.39 is 0 Å². The van der Waals surface area contributed by atoms with Crippen molar-refractivity contribution in [3.05, 3.63) is 35.9 Å². The lowest BCUT2D eigenvalue weighted by atomic mass is 9.94. The number of likely N-dealkylation sites (tertiary alicyclic amines) is 2. The second-order valence-electron chi connectivity index (χ2n) is 7.39. The quantitative estimate of drug-likeness (QED) is 0.743. The molecule has 1 aromatic carbocycles. The third-order valence-electron chi connectivity index (χ3n) is 5.71. The molecule has 2 saturated heterocycles. The van der Waals surface area contributed by atoms with Crippen LogP contribution in [0.25, 0.3) is 0 Å². The highest BCUT2D eigenvalue weighted by molar-refractivity contribution is 5.72. The molecule has 0 unspecified atom stereocenters. The lowest BCUT2D eigenvalue weighted by molar-refractivity contribution is -0.150. The number of nitrogens with zero attached hydrogens (tertiary/aromatic N) is 2. The van der Waals surface area contributed by atoms with Crippen LogP contribution in [0.4, 0.5) is 0 Å². The Balaban J connectivity index is 1.41. The Labute approximate surface area is 152 Å². The molecule has 1 aromatic rings. The molecule has 0 aliphatic carbocycles. The van der Waals surface area contributed by atoms with Gasteiger partial charge in [0.2, 0.25) is 0 Å². The first-order valence-electron chi connectivity index (χ1n) is 9.93. The third kappa shape index (κ3) is 5.29. The summed E-state index contributed by atoms with van der Waals surface area (Å²) < 4.78 is 5.23. The minimum absolute atomic E-state index is 0.00694. The molecule has 4 nitrogen and oxygen atoms in total. The highest BCUT2D eigenvalue weighted by Crippen LogP contribution is 2.24. The third-order valence-corrected chi connectivity index (χ3v) is 5.71. The normalized spacial score (nSPS) is 23.5.